The van der Waals surface area contributed by atoms with E-state index in [9.17, 15) is 0 Å². The summed E-state index contributed by atoms with van der Waals surface area (Å²) in [5, 5.41) is 0. The second-order valence-electron chi connectivity index (χ2n) is 6.60. The van der Waals surface area contributed by atoms with Gasteiger partial charge in [0.1, 0.15) is 5.76 Å². The molecule has 3 saturated heterocycles. The Morgan fingerprint density at radius 2 is 1.78 bits per heavy atom. The largest absolute Gasteiger partial charge is 0.501 e. The minimum Gasteiger partial charge on any atom is -0.492 e. The van der Waals surface area contributed by atoms with Crippen molar-refractivity contribution < 1.29 is 18.0 Å². The Bertz CT molecular complexity index is 597. The van der Waals surface area contributed by atoms with E-state index in [0.717, 1.165) is 43.4 Å². The van der Waals surface area contributed by atoms with Gasteiger partial charge in [0.15, 0.2) is 0 Å². The fourth-order valence-corrected chi connectivity index (χ4v) is 5.69. The first-order chi connectivity index (χ1) is 13.3. The van der Waals surface area contributed by atoms with Gasteiger partial charge in [0.05, 0.1) is 32.6 Å². The van der Waals surface area contributed by atoms with Crippen LogP contribution in [0.2, 0.25) is 6.04 Å². The van der Waals surface area contributed by atoms with Crippen LogP contribution in [0.25, 0.3) is 6.08 Å². The molecule has 3 heterocycles. The van der Waals surface area contributed by atoms with Crippen LogP contribution in [0.5, 0.6) is 0 Å². The van der Waals surface area contributed by atoms with E-state index in [-0.39, 0.29) is 0 Å². The molecule has 0 aromatic heterocycles. The zero-order valence-corrected chi connectivity index (χ0v) is 17.1. The van der Waals surface area contributed by atoms with E-state index in [1.807, 2.05) is 49.5 Å². The molecule has 148 valence electrons. The number of rotatable bonds is 8. The predicted octanol–water partition coefficient (Wildman–Crippen LogP) is 2.84. The van der Waals surface area contributed by atoms with Gasteiger partial charge in [0.2, 0.25) is 0 Å². The number of allylic oxidation sites excluding steroid dienone is 1. The van der Waals surface area contributed by atoms with Crippen molar-refractivity contribution in [1.82, 2.24) is 4.90 Å². The van der Waals surface area contributed by atoms with E-state index in [4.69, 9.17) is 18.0 Å². The SMILES string of the molecule is CCOC(C=NCCC[Si]12OCCN(CCO1)CCO2)=Cc1ccccc1. The summed E-state index contributed by atoms with van der Waals surface area (Å²) in [5.74, 6) is 0.778. The van der Waals surface area contributed by atoms with E-state index in [1.54, 1.807) is 0 Å². The molecule has 0 radical (unpaired) electrons. The highest BCUT2D eigenvalue weighted by molar-refractivity contribution is 6.60. The molecule has 0 amide bonds. The van der Waals surface area contributed by atoms with Gasteiger partial charge in [-0.25, -0.2) is 0 Å². The number of hydrogen-bond donors (Lipinski definition) is 0. The molecule has 27 heavy (non-hydrogen) atoms. The van der Waals surface area contributed by atoms with Crippen molar-refractivity contribution in [2.24, 2.45) is 4.99 Å². The quantitative estimate of drug-likeness (QED) is 0.296. The van der Waals surface area contributed by atoms with Crippen molar-refractivity contribution >= 4 is 21.1 Å². The molecule has 6 nitrogen and oxygen atoms in total. The molecule has 1 aromatic carbocycles. The summed E-state index contributed by atoms with van der Waals surface area (Å²) >= 11 is 0. The Kier molecular flexibility index (Phi) is 8.04. The number of benzene rings is 1. The van der Waals surface area contributed by atoms with Crippen molar-refractivity contribution in [2.75, 3.05) is 52.6 Å². The summed E-state index contributed by atoms with van der Waals surface area (Å²) in [5.41, 5.74) is 1.10. The predicted molar refractivity (Wildman–Crippen MR) is 109 cm³/mol. The highest BCUT2D eigenvalue weighted by Gasteiger charge is 2.43. The van der Waals surface area contributed by atoms with E-state index >= 15 is 0 Å². The molecular formula is C20H30N2O4Si. The molecule has 0 atom stereocenters. The van der Waals surface area contributed by atoms with E-state index in [1.165, 1.54) is 0 Å². The van der Waals surface area contributed by atoms with Crippen LogP contribution in [0.15, 0.2) is 41.1 Å². The summed E-state index contributed by atoms with van der Waals surface area (Å²) in [6.45, 7) is 8.32. The Morgan fingerprint density at radius 3 is 2.41 bits per heavy atom. The van der Waals surface area contributed by atoms with Crippen molar-refractivity contribution in [1.29, 1.82) is 0 Å². The molecule has 0 aliphatic carbocycles. The normalized spacial score (nSPS) is 26.6. The number of nitrogens with zero attached hydrogens (tertiary/aromatic N) is 2. The average Bonchev–Trinajstić information content (AvgIpc) is 2.62. The summed E-state index contributed by atoms with van der Waals surface area (Å²) in [6, 6.07) is 10.9. The number of fused-ring (bicyclic) bond motifs is 6. The third-order valence-electron chi connectivity index (χ3n) is 4.60. The Hall–Kier alpha value is -1.51. The third-order valence-corrected chi connectivity index (χ3v) is 7.49. The monoisotopic (exact) mass is 390 g/mol. The van der Waals surface area contributed by atoms with Gasteiger partial charge >= 0.3 is 8.80 Å². The average molecular weight is 391 g/mol. The molecule has 3 fully saturated rings. The molecule has 4 rings (SSSR count). The highest BCUT2D eigenvalue weighted by atomic mass is 28.4. The van der Waals surface area contributed by atoms with Crippen LogP contribution < -0.4 is 0 Å². The first-order valence-electron chi connectivity index (χ1n) is 9.83. The fourth-order valence-electron chi connectivity index (χ4n) is 3.21. The Labute approximate surface area is 163 Å². The summed E-state index contributed by atoms with van der Waals surface area (Å²) in [7, 11) is -2.53. The zero-order valence-electron chi connectivity index (χ0n) is 16.1. The number of ether oxygens (including phenoxy) is 1. The first-order valence-corrected chi connectivity index (χ1v) is 11.8. The summed E-state index contributed by atoms with van der Waals surface area (Å²) in [4.78, 5) is 6.87. The van der Waals surface area contributed by atoms with Crippen molar-refractivity contribution in [3.8, 4) is 0 Å². The van der Waals surface area contributed by atoms with Crippen LogP contribution in [-0.4, -0.2) is 72.5 Å². The van der Waals surface area contributed by atoms with Gasteiger partial charge in [-0.1, -0.05) is 30.3 Å². The van der Waals surface area contributed by atoms with Crippen LogP contribution in [0.1, 0.15) is 18.9 Å². The second-order valence-corrected chi connectivity index (χ2v) is 9.33. The minimum atomic E-state index is -2.53. The molecule has 3 aliphatic rings. The second kappa shape index (κ2) is 10.7. The third kappa shape index (κ3) is 6.55. The first kappa shape index (κ1) is 20.2. The van der Waals surface area contributed by atoms with Crippen molar-refractivity contribution in [3.63, 3.8) is 0 Å². The molecule has 0 spiro atoms. The van der Waals surface area contributed by atoms with Crippen LogP contribution >= 0.6 is 0 Å². The molecule has 7 heteroatoms. The lowest BCUT2D eigenvalue weighted by Crippen LogP contribution is -2.55. The molecule has 0 unspecified atom stereocenters. The number of aliphatic imine (C=N–C) groups is 1. The van der Waals surface area contributed by atoms with Crippen molar-refractivity contribution in [2.45, 2.75) is 19.4 Å². The lowest BCUT2D eigenvalue weighted by Gasteiger charge is -2.38. The van der Waals surface area contributed by atoms with Crippen LogP contribution in [0.3, 0.4) is 0 Å². The lowest BCUT2D eigenvalue weighted by atomic mass is 10.2. The lowest BCUT2D eigenvalue weighted by molar-refractivity contribution is -0.00841. The summed E-state index contributed by atoms with van der Waals surface area (Å²) < 4.78 is 23.8. The molecular weight excluding hydrogens is 360 g/mol. The van der Waals surface area contributed by atoms with Gasteiger partial charge < -0.3 is 18.0 Å². The maximum atomic E-state index is 6.05. The minimum absolute atomic E-state index is 0.618. The Balaban J connectivity index is 1.50. The van der Waals surface area contributed by atoms with E-state index in [0.29, 0.717) is 33.0 Å². The van der Waals surface area contributed by atoms with Gasteiger partial charge in [-0.15, -0.1) is 0 Å². The topological polar surface area (TPSA) is 52.5 Å². The molecule has 0 N–H and O–H groups in total. The van der Waals surface area contributed by atoms with Gasteiger partial charge in [0.25, 0.3) is 0 Å². The number of hydrogen-bond acceptors (Lipinski definition) is 6. The Morgan fingerprint density at radius 1 is 1.11 bits per heavy atom. The smallest absolute Gasteiger partial charge is 0.492 e. The van der Waals surface area contributed by atoms with Gasteiger partial charge in [-0.2, -0.15) is 0 Å². The van der Waals surface area contributed by atoms with Crippen LogP contribution in [0.4, 0.5) is 0 Å². The fraction of sp³-hybridized carbons (Fsp3) is 0.550. The summed E-state index contributed by atoms with van der Waals surface area (Å²) in [6.07, 6.45) is 4.70. The maximum absolute atomic E-state index is 6.05. The standard InChI is InChI=1S/C20H30N2O4Si/c1-2-23-20(17-19-7-4-3-5-8-19)18-21-9-6-16-27-24-13-10-22(11-14-25-27)12-15-26-27/h3-5,7-8,17-18H,2,6,9-16H2,1H3. The van der Waals surface area contributed by atoms with Gasteiger partial charge in [0, 0.05) is 32.2 Å². The van der Waals surface area contributed by atoms with E-state index < -0.39 is 8.80 Å². The highest BCUT2D eigenvalue weighted by Crippen LogP contribution is 2.21. The van der Waals surface area contributed by atoms with Gasteiger partial charge in [-0.3, -0.25) is 9.89 Å². The van der Waals surface area contributed by atoms with E-state index in [2.05, 4.69) is 9.89 Å². The molecule has 2 bridgehead atoms. The van der Waals surface area contributed by atoms with Crippen LogP contribution in [-0.2, 0) is 18.0 Å². The zero-order chi connectivity index (χ0) is 18.8. The molecule has 3 aliphatic heterocycles. The molecule has 1 aromatic rings. The van der Waals surface area contributed by atoms with Gasteiger partial charge in [-0.05, 0) is 25.0 Å². The van der Waals surface area contributed by atoms with Crippen LogP contribution in [0, 0.1) is 0 Å². The molecule has 0 saturated carbocycles. The maximum Gasteiger partial charge on any atom is 0.501 e. The van der Waals surface area contributed by atoms with Crippen molar-refractivity contribution in [3.05, 3.63) is 41.7 Å².